The molecule has 0 saturated heterocycles. The van der Waals surface area contributed by atoms with Gasteiger partial charge in [-0.2, -0.15) is 5.10 Å². The number of rotatable bonds is 2. The number of nitrogens with zero attached hydrogens (tertiary/aromatic N) is 2. The summed E-state index contributed by atoms with van der Waals surface area (Å²) in [7, 11) is 0. The first-order chi connectivity index (χ1) is 9.11. The van der Waals surface area contributed by atoms with Crippen LogP contribution in [-0.4, -0.2) is 21.5 Å². The summed E-state index contributed by atoms with van der Waals surface area (Å²) in [6.07, 6.45) is 4.55. The van der Waals surface area contributed by atoms with Crippen molar-refractivity contribution in [2.45, 2.75) is 26.2 Å². The fraction of sp³-hybridized carbons (Fsp3) is 0.400. The Balaban J connectivity index is 1.97. The maximum absolute atomic E-state index is 13.0. The molecule has 0 spiro atoms. The molecule has 0 amide bonds. The second kappa shape index (κ2) is 4.46. The van der Waals surface area contributed by atoms with E-state index in [4.69, 9.17) is 0 Å². The fourth-order valence-electron chi connectivity index (χ4n) is 2.73. The van der Waals surface area contributed by atoms with Crippen LogP contribution >= 0.6 is 0 Å². The third kappa shape index (κ3) is 2.16. The van der Waals surface area contributed by atoms with Crippen LogP contribution in [0.2, 0.25) is 0 Å². The SMILES string of the molecule is CC1(CO)CCc2c(cnn2-c2ccc(F)cc2)C1. The highest BCUT2D eigenvalue weighted by molar-refractivity contribution is 5.36. The van der Waals surface area contributed by atoms with Gasteiger partial charge in [0.15, 0.2) is 0 Å². The predicted molar refractivity (Wildman–Crippen MR) is 70.7 cm³/mol. The predicted octanol–water partition coefficient (Wildman–Crippen LogP) is 2.50. The Morgan fingerprint density at radius 2 is 2.11 bits per heavy atom. The van der Waals surface area contributed by atoms with Gasteiger partial charge in [0.05, 0.1) is 11.9 Å². The second-order valence-electron chi connectivity index (χ2n) is 5.65. The highest BCUT2D eigenvalue weighted by atomic mass is 19.1. The zero-order valence-corrected chi connectivity index (χ0v) is 10.9. The topological polar surface area (TPSA) is 38.1 Å². The minimum atomic E-state index is -0.238. The van der Waals surface area contributed by atoms with Crippen molar-refractivity contribution in [1.29, 1.82) is 0 Å². The van der Waals surface area contributed by atoms with Crippen LogP contribution in [0.4, 0.5) is 4.39 Å². The number of hydrogen-bond donors (Lipinski definition) is 1. The van der Waals surface area contributed by atoms with E-state index in [-0.39, 0.29) is 17.8 Å². The van der Waals surface area contributed by atoms with Crippen LogP contribution in [0.5, 0.6) is 0 Å². The Bertz CT molecular complexity index is 591. The molecule has 1 unspecified atom stereocenters. The van der Waals surface area contributed by atoms with E-state index >= 15 is 0 Å². The van der Waals surface area contributed by atoms with Gasteiger partial charge in [-0.1, -0.05) is 6.92 Å². The lowest BCUT2D eigenvalue weighted by atomic mass is 9.75. The zero-order valence-electron chi connectivity index (χ0n) is 10.9. The first-order valence-corrected chi connectivity index (χ1v) is 6.54. The first-order valence-electron chi connectivity index (χ1n) is 6.54. The molecule has 3 rings (SSSR count). The molecule has 0 radical (unpaired) electrons. The normalized spacial score (nSPS) is 22.3. The van der Waals surface area contributed by atoms with Gasteiger partial charge < -0.3 is 5.11 Å². The van der Waals surface area contributed by atoms with Crippen LogP contribution < -0.4 is 0 Å². The molecule has 3 nitrogen and oxygen atoms in total. The van der Waals surface area contributed by atoms with Crippen molar-refractivity contribution < 1.29 is 9.50 Å². The lowest BCUT2D eigenvalue weighted by molar-refractivity contribution is 0.126. The second-order valence-corrected chi connectivity index (χ2v) is 5.65. The summed E-state index contributed by atoms with van der Waals surface area (Å²) in [5.41, 5.74) is 3.21. The molecule has 19 heavy (non-hydrogen) atoms. The number of halogens is 1. The molecule has 0 fully saturated rings. The largest absolute Gasteiger partial charge is 0.396 e. The van der Waals surface area contributed by atoms with Crippen LogP contribution in [0.3, 0.4) is 0 Å². The van der Waals surface area contributed by atoms with E-state index in [1.807, 2.05) is 10.9 Å². The van der Waals surface area contributed by atoms with Crippen LogP contribution in [0.15, 0.2) is 30.5 Å². The van der Waals surface area contributed by atoms with Gasteiger partial charge in [0.1, 0.15) is 5.82 Å². The van der Waals surface area contributed by atoms with Crippen molar-refractivity contribution in [2.24, 2.45) is 5.41 Å². The Morgan fingerprint density at radius 3 is 2.79 bits per heavy atom. The summed E-state index contributed by atoms with van der Waals surface area (Å²) in [5.74, 6) is -0.238. The molecule has 1 aromatic heterocycles. The van der Waals surface area contributed by atoms with Crippen LogP contribution in [0.25, 0.3) is 5.69 Å². The van der Waals surface area contributed by atoms with E-state index in [0.29, 0.717) is 0 Å². The summed E-state index contributed by atoms with van der Waals surface area (Å²) in [6.45, 7) is 2.30. The highest BCUT2D eigenvalue weighted by Gasteiger charge is 2.31. The molecule has 1 aliphatic rings. The van der Waals surface area contributed by atoms with Gasteiger partial charge in [-0.3, -0.25) is 0 Å². The van der Waals surface area contributed by atoms with Crippen LogP contribution in [-0.2, 0) is 12.8 Å². The molecule has 2 aromatic rings. The minimum absolute atomic E-state index is 0.0380. The molecule has 1 N–H and O–H groups in total. The summed E-state index contributed by atoms with van der Waals surface area (Å²) < 4.78 is 14.8. The zero-order chi connectivity index (χ0) is 13.5. The van der Waals surface area contributed by atoms with Crippen molar-refractivity contribution >= 4 is 0 Å². The Hall–Kier alpha value is -1.68. The summed E-state index contributed by atoms with van der Waals surface area (Å²) >= 11 is 0. The summed E-state index contributed by atoms with van der Waals surface area (Å²) in [6, 6.07) is 6.37. The van der Waals surface area contributed by atoms with E-state index in [9.17, 15) is 9.50 Å². The van der Waals surface area contributed by atoms with E-state index in [1.165, 1.54) is 23.4 Å². The summed E-state index contributed by atoms with van der Waals surface area (Å²) in [4.78, 5) is 0. The monoisotopic (exact) mass is 260 g/mol. The lowest BCUT2D eigenvalue weighted by Gasteiger charge is -2.31. The lowest BCUT2D eigenvalue weighted by Crippen LogP contribution is -2.29. The van der Waals surface area contributed by atoms with Crippen molar-refractivity contribution in [3.8, 4) is 5.69 Å². The molecule has 4 heteroatoms. The average Bonchev–Trinajstić information content (AvgIpc) is 2.82. The van der Waals surface area contributed by atoms with Gasteiger partial charge in [-0.15, -0.1) is 0 Å². The molecule has 0 saturated carbocycles. The number of hydrogen-bond acceptors (Lipinski definition) is 2. The van der Waals surface area contributed by atoms with Gasteiger partial charge in [0.2, 0.25) is 0 Å². The molecule has 1 heterocycles. The van der Waals surface area contributed by atoms with E-state index in [1.54, 1.807) is 12.1 Å². The van der Waals surface area contributed by atoms with Crippen molar-refractivity contribution in [1.82, 2.24) is 9.78 Å². The molecular formula is C15H17FN2O. The number of fused-ring (bicyclic) bond motifs is 1. The number of benzene rings is 1. The third-order valence-electron chi connectivity index (χ3n) is 3.99. The maximum atomic E-state index is 13.0. The van der Waals surface area contributed by atoms with Gasteiger partial charge in [0, 0.05) is 12.3 Å². The number of aromatic nitrogens is 2. The minimum Gasteiger partial charge on any atom is -0.396 e. The van der Waals surface area contributed by atoms with E-state index in [0.717, 1.165) is 24.9 Å². The first kappa shape index (κ1) is 12.4. The molecule has 0 bridgehead atoms. The standard InChI is InChI=1S/C15H17FN2O/c1-15(10-19)7-6-14-11(8-15)9-17-18(14)13-4-2-12(16)3-5-13/h2-5,9,19H,6-8,10H2,1H3. The molecule has 0 aliphatic heterocycles. The average molecular weight is 260 g/mol. The van der Waals surface area contributed by atoms with E-state index < -0.39 is 0 Å². The Labute approximate surface area is 111 Å². The third-order valence-corrected chi connectivity index (χ3v) is 3.99. The number of aliphatic hydroxyl groups excluding tert-OH is 1. The van der Waals surface area contributed by atoms with Crippen molar-refractivity contribution in [3.63, 3.8) is 0 Å². The van der Waals surface area contributed by atoms with Gasteiger partial charge in [0.25, 0.3) is 0 Å². The summed E-state index contributed by atoms with van der Waals surface area (Å²) in [5, 5.41) is 13.9. The van der Waals surface area contributed by atoms with Crippen LogP contribution in [0.1, 0.15) is 24.6 Å². The maximum Gasteiger partial charge on any atom is 0.123 e. The smallest absolute Gasteiger partial charge is 0.123 e. The quantitative estimate of drug-likeness (QED) is 0.901. The van der Waals surface area contributed by atoms with Gasteiger partial charge in [-0.05, 0) is 54.5 Å². The molecule has 1 atom stereocenters. The molecule has 100 valence electrons. The fourth-order valence-corrected chi connectivity index (χ4v) is 2.73. The molecular weight excluding hydrogens is 243 g/mol. The highest BCUT2D eigenvalue weighted by Crippen LogP contribution is 2.35. The van der Waals surface area contributed by atoms with Gasteiger partial charge in [-0.25, -0.2) is 9.07 Å². The number of aliphatic hydroxyl groups is 1. The van der Waals surface area contributed by atoms with Gasteiger partial charge >= 0.3 is 0 Å². The van der Waals surface area contributed by atoms with E-state index in [2.05, 4.69) is 12.0 Å². The Kier molecular flexibility index (Phi) is 2.90. The molecule has 1 aliphatic carbocycles. The molecule has 1 aromatic carbocycles. The van der Waals surface area contributed by atoms with Crippen molar-refractivity contribution in [2.75, 3.05) is 6.61 Å². The van der Waals surface area contributed by atoms with Crippen LogP contribution in [0, 0.1) is 11.2 Å². The Morgan fingerprint density at radius 1 is 1.37 bits per heavy atom. The van der Waals surface area contributed by atoms with Crippen molar-refractivity contribution in [3.05, 3.63) is 47.5 Å².